The molecule has 1 N–H and O–H groups in total. The van der Waals surface area contributed by atoms with E-state index < -0.39 is 0 Å². The molecule has 1 aliphatic carbocycles. The van der Waals surface area contributed by atoms with Crippen LogP contribution in [-0.2, 0) is 4.74 Å². The van der Waals surface area contributed by atoms with Crippen LogP contribution in [0.4, 0.5) is 0 Å². The zero-order chi connectivity index (χ0) is 10.3. The molecule has 82 valence electrons. The van der Waals surface area contributed by atoms with E-state index in [9.17, 15) is 0 Å². The Bertz CT molecular complexity index is 212. The van der Waals surface area contributed by atoms with Crippen molar-refractivity contribution in [3.05, 3.63) is 0 Å². The highest BCUT2D eigenvalue weighted by molar-refractivity contribution is 5.11. The number of ether oxygens (including phenoxy) is 1. The lowest BCUT2D eigenvalue weighted by Crippen LogP contribution is -2.66. The van der Waals surface area contributed by atoms with Gasteiger partial charge in [0.1, 0.15) is 0 Å². The molecule has 2 rings (SSSR count). The van der Waals surface area contributed by atoms with Gasteiger partial charge in [-0.15, -0.1) is 0 Å². The number of fused-ring (bicyclic) bond motifs is 1. The maximum Gasteiger partial charge on any atom is 0.0685 e. The lowest BCUT2D eigenvalue weighted by Gasteiger charge is -2.55. The second-order valence-electron chi connectivity index (χ2n) is 5.85. The third-order valence-corrected chi connectivity index (χ3v) is 3.85. The van der Waals surface area contributed by atoms with Gasteiger partial charge in [0.2, 0.25) is 0 Å². The van der Waals surface area contributed by atoms with Gasteiger partial charge in [0, 0.05) is 24.0 Å². The molecule has 0 bridgehead atoms. The molecule has 0 aromatic carbocycles. The van der Waals surface area contributed by atoms with E-state index in [0.29, 0.717) is 17.6 Å². The number of hydrogen-bond donors (Lipinski definition) is 1. The molecule has 2 fully saturated rings. The van der Waals surface area contributed by atoms with E-state index in [1.807, 2.05) is 0 Å². The van der Waals surface area contributed by atoms with Crippen molar-refractivity contribution < 1.29 is 4.74 Å². The van der Waals surface area contributed by atoms with Crippen molar-refractivity contribution >= 4 is 0 Å². The van der Waals surface area contributed by atoms with Crippen molar-refractivity contribution in [1.82, 2.24) is 5.32 Å². The normalized spacial score (nSPS) is 39.6. The van der Waals surface area contributed by atoms with E-state index in [2.05, 4.69) is 33.0 Å². The summed E-state index contributed by atoms with van der Waals surface area (Å²) in [5.41, 5.74) is 0.343. The van der Waals surface area contributed by atoms with Gasteiger partial charge in [-0.2, -0.15) is 0 Å². The van der Waals surface area contributed by atoms with E-state index in [1.165, 1.54) is 6.42 Å². The van der Waals surface area contributed by atoms with Crippen LogP contribution in [0.2, 0.25) is 0 Å². The average Bonchev–Trinajstić information content (AvgIpc) is 2.49. The molecule has 3 unspecified atom stereocenters. The molecule has 1 aliphatic heterocycles. The van der Waals surface area contributed by atoms with Gasteiger partial charge in [-0.1, -0.05) is 27.7 Å². The minimum absolute atomic E-state index is 0.343. The summed E-state index contributed by atoms with van der Waals surface area (Å²) in [4.78, 5) is 0. The van der Waals surface area contributed by atoms with Crippen molar-refractivity contribution in [3.8, 4) is 0 Å². The summed E-state index contributed by atoms with van der Waals surface area (Å²) in [5, 5.41) is 3.70. The topological polar surface area (TPSA) is 21.3 Å². The quantitative estimate of drug-likeness (QED) is 0.747. The number of hydrogen-bond acceptors (Lipinski definition) is 2. The Morgan fingerprint density at radius 3 is 2.79 bits per heavy atom. The molecular weight excluding hydrogens is 174 g/mol. The predicted octanol–water partition coefficient (Wildman–Crippen LogP) is 2.05. The lowest BCUT2D eigenvalue weighted by atomic mass is 9.57. The maximum absolute atomic E-state index is 5.76. The Morgan fingerprint density at radius 1 is 1.43 bits per heavy atom. The van der Waals surface area contributed by atoms with Crippen molar-refractivity contribution in [1.29, 1.82) is 0 Å². The Kier molecular flexibility index (Phi) is 2.61. The third-order valence-electron chi connectivity index (χ3n) is 3.85. The zero-order valence-electron chi connectivity index (χ0n) is 9.84. The first-order valence-corrected chi connectivity index (χ1v) is 5.88. The number of nitrogens with one attached hydrogen (secondary N) is 1. The van der Waals surface area contributed by atoms with Gasteiger partial charge >= 0.3 is 0 Å². The van der Waals surface area contributed by atoms with Crippen molar-refractivity contribution in [2.45, 2.75) is 46.3 Å². The van der Waals surface area contributed by atoms with Gasteiger partial charge in [0.25, 0.3) is 0 Å². The fourth-order valence-corrected chi connectivity index (χ4v) is 3.10. The van der Waals surface area contributed by atoms with Gasteiger partial charge in [0.15, 0.2) is 0 Å². The summed E-state index contributed by atoms with van der Waals surface area (Å²) in [6.45, 7) is 11.3. The fraction of sp³-hybridized carbons (Fsp3) is 1.00. The van der Waals surface area contributed by atoms with Crippen LogP contribution in [0.25, 0.3) is 0 Å². The summed E-state index contributed by atoms with van der Waals surface area (Å²) in [7, 11) is 0. The monoisotopic (exact) mass is 197 g/mol. The van der Waals surface area contributed by atoms with E-state index in [1.54, 1.807) is 0 Å². The molecule has 0 amide bonds. The smallest absolute Gasteiger partial charge is 0.0685 e. The minimum atomic E-state index is 0.343. The molecular formula is C12H23NO. The molecule has 0 radical (unpaired) electrons. The molecule has 2 aliphatic rings. The molecule has 0 aromatic rings. The molecule has 1 heterocycles. The highest BCUT2D eigenvalue weighted by Crippen LogP contribution is 2.52. The molecule has 2 heteroatoms. The Balaban J connectivity index is 1.92. The van der Waals surface area contributed by atoms with Crippen molar-refractivity contribution in [2.24, 2.45) is 17.3 Å². The standard InChI is InChI=1S/C12H23NO/c1-8(2)7-13-10-9-5-6-14-11(9)12(10,3)4/h8-11,13H,5-7H2,1-4H3. The average molecular weight is 197 g/mol. The molecule has 0 spiro atoms. The first-order valence-electron chi connectivity index (χ1n) is 5.88. The largest absolute Gasteiger partial charge is 0.377 e. The molecule has 0 aromatic heterocycles. The summed E-state index contributed by atoms with van der Waals surface area (Å²) in [5.74, 6) is 1.52. The minimum Gasteiger partial charge on any atom is -0.377 e. The molecule has 1 saturated carbocycles. The fourth-order valence-electron chi connectivity index (χ4n) is 3.10. The molecule has 1 saturated heterocycles. The van der Waals surface area contributed by atoms with Crippen LogP contribution in [-0.4, -0.2) is 25.3 Å². The zero-order valence-corrected chi connectivity index (χ0v) is 9.84. The van der Waals surface area contributed by atoms with Crippen molar-refractivity contribution in [3.63, 3.8) is 0 Å². The van der Waals surface area contributed by atoms with Crippen LogP contribution < -0.4 is 5.32 Å². The Labute approximate surface area is 87.4 Å². The van der Waals surface area contributed by atoms with E-state index in [-0.39, 0.29) is 0 Å². The first kappa shape index (κ1) is 10.4. The van der Waals surface area contributed by atoms with Crippen LogP contribution in [0.1, 0.15) is 34.1 Å². The summed E-state index contributed by atoms with van der Waals surface area (Å²) in [6, 6.07) is 0.678. The van der Waals surface area contributed by atoms with Crippen molar-refractivity contribution in [2.75, 3.05) is 13.2 Å². The number of rotatable bonds is 3. The lowest BCUT2D eigenvalue weighted by molar-refractivity contribution is -0.112. The first-order chi connectivity index (χ1) is 6.53. The van der Waals surface area contributed by atoms with Gasteiger partial charge < -0.3 is 10.1 Å². The van der Waals surface area contributed by atoms with Crippen LogP contribution in [0, 0.1) is 17.3 Å². The van der Waals surface area contributed by atoms with Crippen LogP contribution in [0.15, 0.2) is 0 Å². The second-order valence-corrected chi connectivity index (χ2v) is 5.85. The van der Waals surface area contributed by atoms with Crippen LogP contribution >= 0.6 is 0 Å². The van der Waals surface area contributed by atoms with Crippen LogP contribution in [0.5, 0.6) is 0 Å². The third kappa shape index (κ3) is 1.49. The van der Waals surface area contributed by atoms with E-state index >= 15 is 0 Å². The predicted molar refractivity (Wildman–Crippen MR) is 58.3 cm³/mol. The molecule has 14 heavy (non-hydrogen) atoms. The Hall–Kier alpha value is -0.0800. The van der Waals surface area contributed by atoms with Gasteiger partial charge in [0.05, 0.1) is 6.10 Å². The van der Waals surface area contributed by atoms with Gasteiger partial charge in [-0.3, -0.25) is 0 Å². The summed E-state index contributed by atoms with van der Waals surface area (Å²) < 4.78 is 5.76. The van der Waals surface area contributed by atoms with E-state index in [4.69, 9.17) is 4.74 Å². The summed E-state index contributed by atoms with van der Waals surface area (Å²) >= 11 is 0. The van der Waals surface area contributed by atoms with Gasteiger partial charge in [-0.25, -0.2) is 0 Å². The van der Waals surface area contributed by atoms with E-state index in [0.717, 1.165) is 25.0 Å². The second kappa shape index (κ2) is 3.49. The summed E-state index contributed by atoms with van der Waals surface area (Å²) in [6.07, 6.45) is 1.77. The SMILES string of the molecule is CC(C)CNC1C2CCOC2C1(C)C. The van der Waals surface area contributed by atoms with Gasteiger partial charge in [-0.05, 0) is 18.9 Å². The molecule has 2 nitrogen and oxygen atoms in total. The maximum atomic E-state index is 5.76. The Morgan fingerprint density at radius 2 is 2.14 bits per heavy atom. The highest BCUT2D eigenvalue weighted by atomic mass is 16.5. The molecule has 3 atom stereocenters. The highest BCUT2D eigenvalue weighted by Gasteiger charge is 2.58. The van der Waals surface area contributed by atoms with Crippen LogP contribution in [0.3, 0.4) is 0 Å².